The fraction of sp³-hybridized carbons (Fsp3) is 0.111. The molecule has 0 saturated carbocycles. The molecule has 1 N–H and O–H groups in total. The van der Waals surface area contributed by atoms with E-state index in [9.17, 15) is 9.90 Å². The monoisotopic (exact) mass is 287 g/mol. The number of rotatable bonds is 1. The minimum absolute atomic E-state index is 0.0732. The smallest absolute Gasteiger partial charge is 0.164 e. The topological polar surface area (TPSA) is 61.1 Å². The number of hydrogen-bond donors (Lipinski definition) is 1. The van der Waals surface area contributed by atoms with Gasteiger partial charge in [0.15, 0.2) is 5.78 Å². The Kier molecular flexibility index (Phi) is 2.88. The van der Waals surface area contributed by atoms with Gasteiger partial charge in [0.25, 0.3) is 0 Å². The fourth-order valence-electron chi connectivity index (χ4n) is 0.987. The van der Waals surface area contributed by atoms with Crippen LogP contribution in [0.2, 0.25) is 0 Å². The molecule has 66 valence electrons. The number of nitriles is 1. The van der Waals surface area contributed by atoms with E-state index in [4.69, 9.17) is 5.26 Å². The number of phenols is 1. The average Bonchev–Trinajstić information content (AvgIpc) is 2.04. The molecular weight excluding hydrogens is 281 g/mol. The largest absolute Gasteiger partial charge is 0.507 e. The predicted molar refractivity (Wildman–Crippen MR) is 55.5 cm³/mol. The van der Waals surface area contributed by atoms with Crippen LogP contribution in [-0.2, 0) is 0 Å². The molecule has 0 atom stereocenters. The number of phenolic OH excluding ortho intramolecular Hbond substituents is 1. The molecule has 0 aliphatic carbocycles. The van der Waals surface area contributed by atoms with Gasteiger partial charge in [0.2, 0.25) is 0 Å². The normalized spacial score (nSPS) is 9.31. The van der Waals surface area contributed by atoms with Crippen LogP contribution in [0.15, 0.2) is 12.1 Å². The number of aromatic hydroxyl groups is 1. The lowest BCUT2D eigenvalue weighted by Crippen LogP contribution is -1.98. The molecular formula is C9H6INO2. The summed E-state index contributed by atoms with van der Waals surface area (Å²) in [5.41, 5.74) is 0.628. The van der Waals surface area contributed by atoms with E-state index in [-0.39, 0.29) is 17.1 Å². The molecule has 0 spiro atoms. The molecule has 0 saturated heterocycles. The Morgan fingerprint density at radius 3 is 2.69 bits per heavy atom. The molecule has 0 aromatic heterocycles. The van der Waals surface area contributed by atoms with E-state index in [1.807, 2.05) is 28.7 Å². The highest BCUT2D eigenvalue weighted by Gasteiger charge is 2.13. The minimum atomic E-state index is -0.237. The van der Waals surface area contributed by atoms with Crippen molar-refractivity contribution < 1.29 is 9.90 Å². The summed E-state index contributed by atoms with van der Waals surface area (Å²) < 4.78 is 0.507. The first-order valence-corrected chi connectivity index (χ1v) is 4.58. The molecule has 0 unspecified atom stereocenters. The van der Waals surface area contributed by atoms with E-state index in [1.165, 1.54) is 19.1 Å². The molecule has 13 heavy (non-hydrogen) atoms. The predicted octanol–water partition coefficient (Wildman–Crippen LogP) is 2.07. The summed E-state index contributed by atoms with van der Waals surface area (Å²) in [5.74, 6) is -0.310. The summed E-state index contributed by atoms with van der Waals surface area (Å²) in [6.45, 7) is 1.36. The molecule has 1 rings (SSSR count). The number of Topliss-reactive ketones (excluding diaryl/α,β-unsaturated/α-hetero) is 1. The van der Waals surface area contributed by atoms with Crippen LogP contribution in [0.5, 0.6) is 5.75 Å². The second kappa shape index (κ2) is 3.75. The molecule has 0 radical (unpaired) electrons. The second-order valence-corrected chi connectivity index (χ2v) is 3.57. The lowest BCUT2D eigenvalue weighted by molar-refractivity contribution is 0.101. The molecule has 3 nitrogen and oxygen atoms in total. The Bertz CT molecular complexity index is 407. The SMILES string of the molecule is CC(=O)c1c(O)ccc(C#N)c1I. The number of carbonyl (C=O) groups excluding carboxylic acids is 1. The maximum absolute atomic E-state index is 11.1. The third-order valence-electron chi connectivity index (χ3n) is 1.59. The van der Waals surface area contributed by atoms with Gasteiger partial charge in [0, 0.05) is 3.57 Å². The molecule has 0 amide bonds. The van der Waals surface area contributed by atoms with Gasteiger partial charge in [0.1, 0.15) is 11.8 Å². The molecule has 1 aromatic carbocycles. The number of halogens is 1. The summed E-state index contributed by atoms with van der Waals surface area (Å²) in [5, 5.41) is 18.0. The van der Waals surface area contributed by atoms with Crippen molar-refractivity contribution in [1.82, 2.24) is 0 Å². The van der Waals surface area contributed by atoms with Gasteiger partial charge < -0.3 is 5.11 Å². The van der Waals surface area contributed by atoms with Gasteiger partial charge in [-0.1, -0.05) is 0 Å². The third-order valence-corrected chi connectivity index (χ3v) is 2.71. The van der Waals surface area contributed by atoms with Gasteiger partial charge in [-0.15, -0.1) is 0 Å². The average molecular weight is 287 g/mol. The van der Waals surface area contributed by atoms with E-state index < -0.39 is 0 Å². The number of benzene rings is 1. The Balaban J connectivity index is 3.50. The highest BCUT2D eigenvalue weighted by molar-refractivity contribution is 14.1. The fourth-order valence-corrected chi connectivity index (χ4v) is 1.94. The van der Waals surface area contributed by atoms with E-state index >= 15 is 0 Å². The van der Waals surface area contributed by atoms with Gasteiger partial charge in [-0.25, -0.2) is 0 Å². The third kappa shape index (κ3) is 1.80. The maximum atomic E-state index is 11.1. The zero-order chi connectivity index (χ0) is 10.0. The van der Waals surface area contributed by atoms with Crippen molar-refractivity contribution >= 4 is 28.4 Å². The van der Waals surface area contributed by atoms with Crippen LogP contribution in [-0.4, -0.2) is 10.9 Å². The van der Waals surface area contributed by atoms with Gasteiger partial charge >= 0.3 is 0 Å². The first-order valence-electron chi connectivity index (χ1n) is 3.50. The van der Waals surface area contributed by atoms with Crippen LogP contribution < -0.4 is 0 Å². The standard InChI is InChI=1S/C9H6INO2/c1-5(12)8-7(13)3-2-6(4-11)9(8)10/h2-3,13H,1H3. The summed E-state index contributed by atoms with van der Waals surface area (Å²) >= 11 is 1.88. The van der Waals surface area contributed by atoms with Crippen molar-refractivity contribution in [3.8, 4) is 11.8 Å². The van der Waals surface area contributed by atoms with Crippen LogP contribution in [0, 0.1) is 14.9 Å². The molecule has 0 heterocycles. The van der Waals surface area contributed by atoms with Crippen molar-refractivity contribution in [3.05, 3.63) is 26.8 Å². The molecule has 1 aromatic rings. The number of nitrogens with zero attached hydrogens (tertiary/aromatic N) is 1. The minimum Gasteiger partial charge on any atom is -0.507 e. The van der Waals surface area contributed by atoms with Gasteiger partial charge in [-0.2, -0.15) is 5.26 Å². The zero-order valence-corrected chi connectivity index (χ0v) is 8.99. The maximum Gasteiger partial charge on any atom is 0.164 e. The second-order valence-electron chi connectivity index (χ2n) is 2.49. The molecule has 0 aliphatic heterocycles. The summed E-state index contributed by atoms with van der Waals surface area (Å²) in [7, 11) is 0. The Morgan fingerprint density at radius 1 is 1.62 bits per heavy atom. The van der Waals surface area contributed by atoms with Crippen molar-refractivity contribution in [2.24, 2.45) is 0 Å². The molecule has 0 bridgehead atoms. The first-order chi connectivity index (χ1) is 6.07. The van der Waals surface area contributed by atoms with Crippen molar-refractivity contribution in [2.75, 3.05) is 0 Å². The van der Waals surface area contributed by atoms with Gasteiger partial charge in [-0.05, 0) is 41.6 Å². The lowest BCUT2D eigenvalue weighted by Gasteiger charge is -2.04. The highest BCUT2D eigenvalue weighted by Crippen LogP contribution is 2.25. The summed E-state index contributed by atoms with van der Waals surface area (Å²) in [4.78, 5) is 11.1. The van der Waals surface area contributed by atoms with Gasteiger partial charge in [-0.3, -0.25) is 4.79 Å². The Labute approximate surface area is 89.1 Å². The van der Waals surface area contributed by atoms with Crippen LogP contribution in [0.4, 0.5) is 0 Å². The van der Waals surface area contributed by atoms with Crippen LogP contribution in [0.3, 0.4) is 0 Å². The number of hydrogen-bond acceptors (Lipinski definition) is 3. The summed E-state index contributed by atoms with van der Waals surface area (Å²) in [6, 6.07) is 4.80. The number of ketones is 1. The highest BCUT2D eigenvalue weighted by atomic mass is 127. The Morgan fingerprint density at radius 2 is 2.23 bits per heavy atom. The quantitative estimate of drug-likeness (QED) is 0.635. The number of carbonyl (C=O) groups is 1. The van der Waals surface area contributed by atoms with Crippen molar-refractivity contribution in [1.29, 1.82) is 5.26 Å². The van der Waals surface area contributed by atoms with E-state index in [0.717, 1.165) is 0 Å². The Hall–Kier alpha value is -1.09. The van der Waals surface area contributed by atoms with Gasteiger partial charge in [0.05, 0.1) is 11.1 Å². The first kappa shape index (κ1) is 9.99. The van der Waals surface area contributed by atoms with Crippen LogP contribution in [0.1, 0.15) is 22.8 Å². The van der Waals surface area contributed by atoms with E-state index in [2.05, 4.69) is 0 Å². The molecule has 0 fully saturated rings. The van der Waals surface area contributed by atoms with Crippen LogP contribution in [0.25, 0.3) is 0 Å². The molecule has 4 heteroatoms. The zero-order valence-electron chi connectivity index (χ0n) is 6.84. The van der Waals surface area contributed by atoms with E-state index in [0.29, 0.717) is 9.13 Å². The molecule has 0 aliphatic rings. The lowest BCUT2D eigenvalue weighted by atomic mass is 10.1. The van der Waals surface area contributed by atoms with E-state index in [1.54, 1.807) is 0 Å². The summed E-state index contributed by atoms with van der Waals surface area (Å²) in [6.07, 6.45) is 0. The van der Waals surface area contributed by atoms with Crippen LogP contribution >= 0.6 is 22.6 Å². The van der Waals surface area contributed by atoms with Crippen molar-refractivity contribution in [2.45, 2.75) is 6.92 Å². The van der Waals surface area contributed by atoms with Crippen molar-refractivity contribution in [3.63, 3.8) is 0 Å².